The molecule has 0 aromatic carbocycles. The minimum Gasteiger partial charge on any atom is -0.351 e. The molecule has 0 aliphatic heterocycles. The number of thiazole rings is 1. The second-order valence-corrected chi connectivity index (χ2v) is 6.30. The largest absolute Gasteiger partial charge is 0.351 e. The number of pyridine rings is 1. The third kappa shape index (κ3) is 3.77. The van der Waals surface area contributed by atoms with E-state index in [1.165, 1.54) is 17.4 Å². The fourth-order valence-electron chi connectivity index (χ4n) is 2.23. The van der Waals surface area contributed by atoms with Crippen molar-refractivity contribution in [3.8, 4) is 10.6 Å². The standard InChI is InChI=1S/C16H17N5O2S/c1-20-11-12(9-19-20)16-18-10-13(24-16)15(23)17-6-4-8-21-7-3-2-5-14(21)22/h2-3,5,7,9-11H,4,6,8H2,1H3,(H,17,23). The summed E-state index contributed by atoms with van der Waals surface area (Å²) in [7, 11) is 1.84. The summed E-state index contributed by atoms with van der Waals surface area (Å²) in [5.74, 6) is -0.150. The summed E-state index contributed by atoms with van der Waals surface area (Å²) in [6.07, 6.45) is 7.58. The van der Waals surface area contributed by atoms with Crippen molar-refractivity contribution in [1.29, 1.82) is 0 Å². The molecule has 3 aromatic heterocycles. The van der Waals surface area contributed by atoms with Crippen molar-refractivity contribution in [2.24, 2.45) is 7.05 Å². The van der Waals surface area contributed by atoms with Crippen LogP contribution in [0.15, 0.2) is 47.8 Å². The van der Waals surface area contributed by atoms with Gasteiger partial charge >= 0.3 is 0 Å². The molecule has 24 heavy (non-hydrogen) atoms. The van der Waals surface area contributed by atoms with Crippen molar-refractivity contribution in [3.63, 3.8) is 0 Å². The van der Waals surface area contributed by atoms with Crippen LogP contribution >= 0.6 is 11.3 Å². The molecule has 0 spiro atoms. The SMILES string of the molecule is Cn1cc(-c2ncc(C(=O)NCCCn3ccccc3=O)s2)cn1. The molecule has 0 unspecified atom stereocenters. The van der Waals surface area contributed by atoms with Gasteiger partial charge < -0.3 is 9.88 Å². The molecular formula is C16H17N5O2S. The number of hydrogen-bond donors (Lipinski definition) is 1. The maximum atomic E-state index is 12.1. The number of amides is 1. The third-order valence-electron chi connectivity index (χ3n) is 3.44. The van der Waals surface area contributed by atoms with Crippen LogP contribution in [0.1, 0.15) is 16.1 Å². The molecule has 0 radical (unpaired) electrons. The van der Waals surface area contributed by atoms with Gasteiger partial charge in [-0.15, -0.1) is 11.3 Å². The predicted octanol–water partition coefficient (Wildman–Crippen LogP) is 1.53. The zero-order chi connectivity index (χ0) is 16.9. The van der Waals surface area contributed by atoms with E-state index < -0.39 is 0 Å². The molecule has 0 saturated carbocycles. The van der Waals surface area contributed by atoms with Gasteiger partial charge in [0.05, 0.1) is 12.4 Å². The Morgan fingerprint density at radius 2 is 2.21 bits per heavy atom. The zero-order valence-electron chi connectivity index (χ0n) is 13.2. The van der Waals surface area contributed by atoms with E-state index in [0.717, 1.165) is 10.6 Å². The van der Waals surface area contributed by atoms with E-state index in [1.54, 1.807) is 33.9 Å². The van der Waals surface area contributed by atoms with Crippen LogP contribution in [-0.2, 0) is 13.6 Å². The number of nitrogens with one attached hydrogen (secondary N) is 1. The Hall–Kier alpha value is -2.74. The second-order valence-electron chi connectivity index (χ2n) is 5.27. The van der Waals surface area contributed by atoms with Crippen LogP contribution in [0.3, 0.4) is 0 Å². The number of aromatic nitrogens is 4. The molecule has 0 bridgehead atoms. The molecule has 1 amide bonds. The molecule has 0 aliphatic rings. The number of carbonyl (C=O) groups excluding carboxylic acids is 1. The fraction of sp³-hybridized carbons (Fsp3) is 0.250. The van der Waals surface area contributed by atoms with Gasteiger partial charge in [0.2, 0.25) is 5.56 Å². The molecule has 3 aromatic rings. The van der Waals surface area contributed by atoms with Crippen LogP contribution in [0, 0.1) is 0 Å². The molecule has 124 valence electrons. The van der Waals surface area contributed by atoms with Crippen molar-refractivity contribution in [2.45, 2.75) is 13.0 Å². The lowest BCUT2D eigenvalue weighted by Gasteiger charge is -2.05. The van der Waals surface area contributed by atoms with Gasteiger partial charge in [0.15, 0.2) is 0 Å². The van der Waals surface area contributed by atoms with Gasteiger partial charge in [0.1, 0.15) is 9.88 Å². The summed E-state index contributed by atoms with van der Waals surface area (Å²) in [5, 5.41) is 7.72. The first-order valence-corrected chi connectivity index (χ1v) is 8.33. The van der Waals surface area contributed by atoms with Gasteiger partial charge in [-0.25, -0.2) is 4.98 Å². The summed E-state index contributed by atoms with van der Waals surface area (Å²) in [6.45, 7) is 1.07. The van der Waals surface area contributed by atoms with Crippen molar-refractivity contribution >= 4 is 17.2 Å². The average molecular weight is 343 g/mol. The van der Waals surface area contributed by atoms with Crippen molar-refractivity contribution in [3.05, 3.63) is 58.2 Å². The Balaban J connectivity index is 1.51. The van der Waals surface area contributed by atoms with E-state index in [2.05, 4.69) is 15.4 Å². The van der Waals surface area contributed by atoms with Gasteiger partial charge in [-0.3, -0.25) is 14.3 Å². The van der Waals surface area contributed by atoms with Crippen molar-refractivity contribution in [1.82, 2.24) is 24.6 Å². The smallest absolute Gasteiger partial charge is 0.263 e. The van der Waals surface area contributed by atoms with Crippen LogP contribution < -0.4 is 10.9 Å². The Bertz CT molecular complexity index is 896. The van der Waals surface area contributed by atoms with Crippen LogP contribution in [-0.4, -0.2) is 31.8 Å². The number of aryl methyl sites for hydroxylation is 2. The Morgan fingerprint density at radius 1 is 1.33 bits per heavy atom. The number of hydrogen-bond acceptors (Lipinski definition) is 5. The van der Waals surface area contributed by atoms with E-state index >= 15 is 0 Å². The van der Waals surface area contributed by atoms with Gasteiger partial charge in [-0.2, -0.15) is 5.10 Å². The number of nitrogens with zero attached hydrogens (tertiary/aromatic N) is 4. The monoisotopic (exact) mass is 343 g/mol. The van der Waals surface area contributed by atoms with E-state index in [-0.39, 0.29) is 11.5 Å². The normalized spacial score (nSPS) is 10.7. The highest BCUT2D eigenvalue weighted by molar-refractivity contribution is 7.16. The molecule has 1 N–H and O–H groups in total. The molecule has 0 saturated heterocycles. The summed E-state index contributed by atoms with van der Waals surface area (Å²) in [5.41, 5.74) is 0.859. The first kappa shape index (κ1) is 16.1. The van der Waals surface area contributed by atoms with Crippen LogP contribution in [0.4, 0.5) is 0 Å². The molecule has 8 heteroatoms. The molecular weight excluding hydrogens is 326 g/mol. The minimum atomic E-state index is -0.150. The summed E-state index contributed by atoms with van der Waals surface area (Å²) in [6, 6.07) is 5.05. The first-order chi connectivity index (χ1) is 11.6. The predicted molar refractivity (Wildman–Crippen MR) is 92.0 cm³/mol. The number of carbonyl (C=O) groups is 1. The van der Waals surface area contributed by atoms with Crippen LogP contribution in [0.5, 0.6) is 0 Å². The Kier molecular flexibility index (Phi) is 4.85. The molecule has 0 atom stereocenters. The summed E-state index contributed by atoms with van der Waals surface area (Å²) >= 11 is 1.33. The van der Waals surface area contributed by atoms with Gasteiger partial charge in [0.25, 0.3) is 5.91 Å². The van der Waals surface area contributed by atoms with E-state index in [0.29, 0.717) is 24.4 Å². The second kappa shape index (κ2) is 7.22. The van der Waals surface area contributed by atoms with E-state index in [9.17, 15) is 9.59 Å². The lowest BCUT2D eigenvalue weighted by Crippen LogP contribution is -2.26. The molecule has 0 fully saturated rings. The van der Waals surface area contributed by atoms with Crippen LogP contribution in [0.25, 0.3) is 10.6 Å². The van der Waals surface area contributed by atoms with Gasteiger partial charge in [-0.1, -0.05) is 6.07 Å². The quantitative estimate of drug-likeness (QED) is 0.688. The highest BCUT2D eigenvalue weighted by atomic mass is 32.1. The average Bonchev–Trinajstić information content (AvgIpc) is 3.21. The highest BCUT2D eigenvalue weighted by Crippen LogP contribution is 2.24. The van der Waals surface area contributed by atoms with Crippen LogP contribution in [0.2, 0.25) is 0 Å². The Labute approximate surface area is 142 Å². The zero-order valence-corrected chi connectivity index (χ0v) is 14.0. The fourth-order valence-corrected chi connectivity index (χ4v) is 3.04. The highest BCUT2D eigenvalue weighted by Gasteiger charge is 2.12. The maximum absolute atomic E-state index is 12.1. The van der Waals surface area contributed by atoms with Gasteiger partial charge in [-0.05, 0) is 12.5 Å². The van der Waals surface area contributed by atoms with E-state index in [4.69, 9.17) is 0 Å². The molecule has 7 nitrogen and oxygen atoms in total. The number of rotatable bonds is 6. The lowest BCUT2D eigenvalue weighted by atomic mass is 10.3. The Morgan fingerprint density at radius 3 is 2.96 bits per heavy atom. The van der Waals surface area contributed by atoms with Crippen molar-refractivity contribution < 1.29 is 4.79 Å². The third-order valence-corrected chi connectivity index (χ3v) is 4.49. The lowest BCUT2D eigenvalue weighted by molar-refractivity contribution is 0.0956. The first-order valence-electron chi connectivity index (χ1n) is 7.52. The van der Waals surface area contributed by atoms with Gasteiger partial charge in [0, 0.05) is 44.2 Å². The molecule has 0 aliphatic carbocycles. The minimum absolute atomic E-state index is 0.0348. The topological polar surface area (TPSA) is 81.8 Å². The summed E-state index contributed by atoms with van der Waals surface area (Å²) in [4.78, 5) is 28.5. The molecule has 3 heterocycles. The van der Waals surface area contributed by atoms with E-state index in [1.807, 2.05) is 19.3 Å². The summed E-state index contributed by atoms with van der Waals surface area (Å²) < 4.78 is 3.32. The maximum Gasteiger partial charge on any atom is 0.263 e. The molecule has 3 rings (SSSR count). The van der Waals surface area contributed by atoms with Crippen molar-refractivity contribution in [2.75, 3.05) is 6.54 Å².